The molecule has 0 bridgehead atoms. The van der Waals surface area contributed by atoms with E-state index in [1.807, 2.05) is 0 Å². The first kappa shape index (κ1) is 23.1. The summed E-state index contributed by atoms with van der Waals surface area (Å²) in [6.07, 6.45) is 4.41. The number of phenolic OH excluding ortho intramolecular Hbond substituents is 1. The van der Waals surface area contributed by atoms with E-state index in [1.165, 1.54) is 0 Å². The van der Waals surface area contributed by atoms with Crippen molar-refractivity contribution in [1.82, 2.24) is 0 Å². The van der Waals surface area contributed by atoms with E-state index in [0.29, 0.717) is 0 Å². The molecule has 1 saturated carbocycles. The number of nitrogens with one attached hydrogen (secondary N) is 1. The molecule has 31 heavy (non-hydrogen) atoms. The summed E-state index contributed by atoms with van der Waals surface area (Å²) in [7, 11) is -9.63. The van der Waals surface area contributed by atoms with Crippen LogP contribution in [0.25, 0.3) is 10.8 Å². The molecule has 0 unspecified atom stereocenters. The van der Waals surface area contributed by atoms with Gasteiger partial charge in [-0.1, -0.05) is 19.3 Å². The quantitative estimate of drug-likeness (QED) is 0.377. The normalized spacial score (nSPS) is 16.1. The Balaban J connectivity index is 2.33. The van der Waals surface area contributed by atoms with Gasteiger partial charge in [-0.25, -0.2) is 0 Å². The van der Waals surface area contributed by atoms with Gasteiger partial charge < -0.3 is 10.4 Å². The number of nitrogens with zero attached hydrogens (tertiary/aromatic N) is 2. The third kappa shape index (κ3) is 5.18. The average Bonchev–Trinajstić information content (AvgIpc) is 2.65. The smallest absolute Gasteiger partial charge is 0.296 e. The summed E-state index contributed by atoms with van der Waals surface area (Å²) in [6, 6.07) is 2.52. The molecule has 0 heterocycles. The topological polar surface area (TPSA) is 183 Å². The van der Waals surface area contributed by atoms with Crippen LogP contribution >= 0.6 is 0 Å². The number of hydrogen-bond donors (Lipinski definition) is 4. The fourth-order valence-corrected chi connectivity index (χ4v) is 4.73. The number of anilines is 1. The molecule has 1 aliphatic rings. The molecular weight excluding hydrogens is 450 g/mol. The second-order valence-corrected chi connectivity index (χ2v) is 10.1. The lowest BCUT2D eigenvalue weighted by atomic mass is 9.96. The molecular formula is C18H21N3O8S2. The van der Waals surface area contributed by atoms with Crippen molar-refractivity contribution >= 4 is 48.3 Å². The maximum Gasteiger partial charge on any atom is 0.296 e. The molecule has 11 nitrogen and oxygen atoms in total. The number of fused-ring (bicyclic) bond motifs is 1. The van der Waals surface area contributed by atoms with Gasteiger partial charge in [0, 0.05) is 12.3 Å². The Hall–Kier alpha value is -2.61. The Bertz CT molecular complexity index is 1280. The molecule has 0 atom stereocenters. The van der Waals surface area contributed by atoms with Crippen molar-refractivity contribution in [1.29, 1.82) is 0 Å². The van der Waals surface area contributed by atoms with Crippen molar-refractivity contribution in [2.24, 2.45) is 10.2 Å². The first-order valence-corrected chi connectivity index (χ1v) is 12.2. The minimum absolute atomic E-state index is 0.132. The molecule has 1 fully saturated rings. The fraction of sp³-hybridized carbons (Fsp3) is 0.389. The highest BCUT2D eigenvalue weighted by molar-refractivity contribution is 7.86. The molecule has 0 saturated heterocycles. The van der Waals surface area contributed by atoms with Crippen molar-refractivity contribution in [3.63, 3.8) is 0 Å². The van der Waals surface area contributed by atoms with Crippen molar-refractivity contribution < 1.29 is 35.8 Å². The number of hydrogen-bond acceptors (Lipinski definition) is 8. The van der Waals surface area contributed by atoms with Crippen molar-refractivity contribution in [3.8, 4) is 5.75 Å². The van der Waals surface area contributed by atoms with Crippen molar-refractivity contribution in [3.05, 3.63) is 18.2 Å². The minimum Gasteiger partial charge on any atom is -0.505 e. The van der Waals surface area contributed by atoms with Crippen LogP contribution in [0.15, 0.2) is 38.2 Å². The van der Waals surface area contributed by atoms with Crippen LogP contribution in [-0.2, 0) is 25.0 Å². The van der Waals surface area contributed by atoms with Crippen LogP contribution < -0.4 is 5.32 Å². The molecule has 0 spiro atoms. The Morgan fingerprint density at radius 3 is 2.23 bits per heavy atom. The maximum absolute atomic E-state index is 12.0. The molecule has 0 aliphatic heterocycles. The zero-order chi connectivity index (χ0) is 23.0. The zero-order valence-electron chi connectivity index (χ0n) is 16.4. The highest BCUT2D eigenvalue weighted by Gasteiger charge is 2.26. The summed E-state index contributed by atoms with van der Waals surface area (Å²) in [4.78, 5) is 10.1. The van der Waals surface area contributed by atoms with Crippen LogP contribution in [0, 0.1) is 0 Å². The largest absolute Gasteiger partial charge is 0.505 e. The van der Waals surface area contributed by atoms with Gasteiger partial charge in [-0.15, -0.1) is 0 Å². The summed E-state index contributed by atoms with van der Waals surface area (Å²) < 4.78 is 66.2. The van der Waals surface area contributed by atoms with E-state index < -0.39 is 47.4 Å². The number of azo groups is 1. The highest BCUT2D eigenvalue weighted by Crippen LogP contribution is 2.45. The predicted octanol–water partition coefficient (Wildman–Crippen LogP) is 3.41. The lowest BCUT2D eigenvalue weighted by Crippen LogP contribution is -2.09. The van der Waals surface area contributed by atoms with Crippen LogP contribution in [-0.4, -0.2) is 43.0 Å². The van der Waals surface area contributed by atoms with E-state index in [0.717, 1.165) is 57.2 Å². The summed E-state index contributed by atoms with van der Waals surface area (Å²) >= 11 is 0. The monoisotopic (exact) mass is 471 g/mol. The SMILES string of the molecule is CC(=O)Nc1cc(S(=O)(=O)O)cc2cc(S(=O)(=O)O)c(/N=N/C3CCCCC3)c(O)c12. The summed E-state index contributed by atoms with van der Waals surface area (Å²) in [5, 5.41) is 20.8. The fourth-order valence-electron chi connectivity index (χ4n) is 3.53. The molecule has 1 amide bonds. The molecule has 13 heteroatoms. The molecule has 2 aromatic rings. The number of carbonyl (C=O) groups is 1. The van der Waals surface area contributed by atoms with Gasteiger partial charge in [-0.3, -0.25) is 13.9 Å². The zero-order valence-corrected chi connectivity index (χ0v) is 18.1. The first-order valence-electron chi connectivity index (χ1n) is 9.35. The summed E-state index contributed by atoms with van der Waals surface area (Å²) in [5.41, 5.74) is -0.738. The lowest BCUT2D eigenvalue weighted by Gasteiger charge is -2.17. The van der Waals surface area contributed by atoms with Crippen LogP contribution in [0.1, 0.15) is 39.0 Å². The first-order chi connectivity index (χ1) is 14.4. The van der Waals surface area contributed by atoms with Crippen molar-refractivity contribution in [2.45, 2.75) is 54.9 Å². The van der Waals surface area contributed by atoms with Crippen molar-refractivity contribution in [2.75, 3.05) is 5.32 Å². The maximum atomic E-state index is 12.0. The number of aromatic hydroxyl groups is 1. The van der Waals surface area contributed by atoms with E-state index in [9.17, 15) is 35.8 Å². The second-order valence-electron chi connectivity index (χ2n) is 7.28. The summed E-state index contributed by atoms with van der Waals surface area (Å²) in [5.74, 6) is -1.34. The Kier molecular flexibility index (Phi) is 6.32. The third-order valence-corrected chi connectivity index (χ3v) is 6.60. The molecule has 1 aliphatic carbocycles. The lowest BCUT2D eigenvalue weighted by molar-refractivity contribution is -0.114. The summed E-state index contributed by atoms with van der Waals surface area (Å²) in [6.45, 7) is 1.14. The number of carbonyl (C=O) groups excluding carboxylic acids is 1. The number of amides is 1. The Morgan fingerprint density at radius 1 is 1.03 bits per heavy atom. The average molecular weight is 472 g/mol. The van der Waals surface area contributed by atoms with Gasteiger partial charge in [0.15, 0.2) is 5.75 Å². The van der Waals surface area contributed by atoms with Gasteiger partial charge in [0.1, 0.15) is 10.6 Å². The Labute approximate surface area is 178 Å². The van der Waals surface area contributed by atoms with Crippen LogP contribution in [0.4, 0.5) is 11.4 Å². The van der Waals surface area contributed by atoms with Crippen LogP contribution in [0.2, 0.25) is 0 Å². The van der Waals surface area contributed by atoms with Crippen LogP contribution in [0.5, 0.6) is 5.75 Å². The molecule has 168 valence electrons. The number of rotatable bonds is 5. The van der Waals surface area contributed by atoms with Gasteiger partial charge >= 0.3 is 0 Å². The highest BCUT2D eigenvalue weighted by atomic mass is 32.2. The van der Waals surface area contributed by atoms with E-state index in [2.05, 4.69) is 15.5 Å². The molecule has 2 aromatic carbocycles. The van der Waals surface area contributed by atoms with E-state index in [1.54, 1.807) is 0 Å². The minimum atomic E-state index is -4.90. The number of benzene rings is 2. The van der Waals surface area contributed by atoms with E-state index >= 15 is 0 Å². The van der Waals surface area contributed by atoms with E-state index in [-0.39, 0.29) is 22.5 Å². The molecule has 3 rings (SSSR count). The molecule has 4 N–H and O–H groups in total. The predicted molar refractivity (Wildman–Crippen MR) is 111 cm³/mol. The van der Waals surface area contributed by atoms with Crippen LogP contribution in [0.3, 0.4) is 0 Å². The Morgan fingerprint density at radius 2 is 1.68 bits per heavy atom. The standard InChI is InChI=1S/C18H21N3O8S2/c1-10(22)19-14-9-13(30(24,25)26)7-11-8-15(31(27,28)29)17(18(23)16(11)14)21-20-12-5-3-2-4-6-12/h7-9,12,23H,2-6H2,1H3,(H,19,22)(H,24,25,26)(H,27,28,29)/b21-20+. The third-order valence-electron chi connectivity index (χ3n) is 4.91. The van der Waals surface area contributed by atoms with Gasteiger partial charge in [0.2, 0.25) is 5.91 Å². The van der Waals surface area contributed by atoms with Gasteiger partial charge in [-0.2, -0.15) is 27.1 Å². The molecule has 0 aromatic heterocycles. The number of phenols is 1. The molecule has 0 radical (unpaired) electrons. The van der Waals surface area contributed by atoms with Gasteiger partial charge in [-0.05, 0) is 36.4 Å². The second kappa shape index (κ2) is 8.49. The van der Waals surface area contributed by atoms with Gasteiger partial charge in [0.25, 0.3) is 20.2 Å². The van der Waals surface area contributed by atoms with E-state index in [4.69, 9.17) is 0 Å². The van der Waals surface area contributed by atoms with Gasteiger partial charge in [0.05, 0.1) is 16.6 Å².